The summed E-state index contributed by atoms with van der Waals surface area (Å²) in [6.45, 7) is 6.76. The first kappa shape index (κ1) is 16.6. The minimum Gasteiger partial charge on any atom is -0.458 e. The molecule has 1 aliphatic heterocycles. The van der Waals surface area contributed by atoms with Gasteiger partial charge in [-0.15, -0.1) is 0 Å². The lowest BCUT2D eigenvalue weighted by Crippen LogP contribution is -2.56. The fourth-order valence-electron chi connectivity index (χ4n) is 8.93. The van der Waals surface area contributed by atoms with Crippen LogP contribution in [0.4, 0.5) is 0 Å². The van der Waals surface area contributed by atoms with Gasteiger partial charge in [0.15, 0.2) is 5.78 Å². The van der Waals surface area contributed by atoms with E-state index >= 15 is 0 Å². The van der Waals surface area contributed by atoms with Gasteiger partial charge in [0, 0.05) is 24.2 Å². The van der Waals surface area contributed by atoms with Crippen LogP contribution in [0.3, 0.4) is 0 Å². The molecular weight excluding hydrogens is 336 g/mol. The normalized spacial score (nSPS) is 52.6. The highest BCUT2D eigenvalue weighted by Crippen LogP contribution is 2.79. The molecule has 3 unspecified atom stereocenters. The molecule has 5 fully saturated rings. The van der Waals surface area contributed by atoms with Gasteiger partial charge in [-0.25, -0.2) is 0 Å². The first-order valence-corrected chi connectivity index (χ1v) is 11.1. The van der Waals surface area contributed by atoms with Crippen molar-refractivity contribution in [1.82, 2.24) is 0 Å². The average molecular weight is 367 g/mol. The number of hydrogen-bond donors (Lipinski definition) is 0. The Bertz CT molecular complexity index is 793. The van der Waals surface area contributed by atoms with Crippen LogP contribution in [0, 0.1) is 40.9 Å². The molecule has 0 aromatic carbocycles. The largest absolute Gasteiger partial charge is 0.458 e. The predicted octanol–water partition coefficient (Wildman–Crippen LogP) is 4.62. The molecule has 27 heavy (non-hydrogen) atoms. The summed E-state index contributed by atoms with van der Waals surface area (Å²) in [6.07, 6.45) is 11.1. The van der Waals surface area contributed by atoms with Gasteiger partial charge in [-0.2, -0.15) is 0 Å². The number of carbonyl (C=O) groups excluding carboxylic acids is 2. The van der Waals surface area contributed by atoms with E-state index in [1.807, 2.05) is 6.08 Å². The van der Waals surface area contributed by atoms with Crippen LogP contribution in [-0.2, 0) is 14.3 Å². The number of carbonyl (C=O) groups is 2. The lowest BCUT2D eigenvalue weighted by Gasteiger charge is -2.58. The van der Waals surface area contributed by atoms with Gasteiger partial charge >= 0.3 is 5.97 Å². The first-order chi connectivity index (χ1) is 13.0. The maximum absolute atomic E-state index is 12.2. The minimum atomic E-state index is -0.154. The minimum absolute atomic E-state index is 0.0420. The number of ketones is 1. The monoisotopic (exact) mass is 366 g/mol. The van der Waals surface area contributed by atoms with Crippen LogP contribution >= 0.6 is 0 Å². The summed E-state index contributed by atoms with van der Waals surface area (Å²) in [5.41, 5.74) is 2.55. The summed E-state index contributed by atoms with van der Waals surface area (Å²) in [6, 6.07) is 0. The maximum Gasteiger partial charge on any atom is 0.306 e. The van der Waals surface area contributed by atoms with Crippen molar-refractivity contribution in [2.24, 2.45) is 40.9 Å². The molecule has 6 aliphatic rings. The zero-order chi connectivity index (χ0) is 18.6. The molecule has 0 amide bonds. The lowest BCUT2D eigenvalue weighted by molar-refractivity contribution is -0.178. The first-order valence-electron chi connectivity index (χ1n) is 11.1. The third-order valence-corrected chi connectivity index (χ3v) is 9.77. The number of hydrogen-bond acceptors (Lipinski definition) is 3. The molecule has 144 valence electrons. The van der Waals surface area contributed by atoms with Gasteiger partial charge in [-0.1, -0.05) is 19.1 Å². The molecule has 0 radical (unpaired) electrons. The van der Waals surface area contributed by atoms with E-state index < -0.39 is 0 Å². The average Bonchev–Trinajstić information content (AvgIpc) is 3.30. The fraction of sp³-hybridized carbons (Fsp3) is 0.750. The number of ether oxygens (including phenoxy) is 1. The summed E-state index contributed by atoms with van der Waals surface area (Å²) < 4.78 is 6.24. The Hall–Kier alpha value is -1.38. The SMILES string of the molecule is C=C1CC2C(CC[C@@]3(CC)C2[C@H]2C[C@H]2[C@@]32CCC(=O)O2)[C@H]2CCC(=O)C=C12. The van der Waals surface area contributed by atoms with E-state index in [9.17, 15) is 9.59 Å². The zero-order valence-corrected chi connectivity index (χ0v) is 16.3. The summed E-state index contributed by atoms with van der Waals surface area (Å²) >= 11 is 0. The molecule has 6 rings (SSSR count). The molecule has 1 heterocycles. The number of allylic oxidation sites excluding steroid dienone is 2. The van der Waals surface area contributed by atoms with E-state index in [0.717, 1.165) is 31.6 Å². The van der Waals surface area contributed by atoms with Gasteiger partial charge in [0.05, 0.1) is 0 Å². The van der Waals surface area contributed by atoms with Crippen LogP contribution < -0.4 is 0 Å². The molecule has 5 aliphatic carbocycles. The highest BCUT2D eigenvalue weighted by molar-refractivity contribution is 5.92. The van der Waals surface area contributed by atoms with Gasteiger partial charge in [0.25, 0.3) is 0 Å². The topological polar surface area (TPSA) is 43.4 Å². The highest BCUT2D eigenvalue weighted by Gasteiger charge is 2.79. The van der Waals surface area contributed by atoms with Crippen LogP contribution in [0.25, 0.3) is 0 Å². The molecule has 8 atom stereocenters. The molecular formula is C24H30O3. The third kappa shape index (κ3) is 1.85. The Kier molecular flexibility index (Phi) is 3.16. The molecule has 1 saturated heterocycles. The lowest BCUT2D eigenvalue weighted by atomic mass is 9.47. The standard InChI is InChI=1S/C24H30O3/c1-3-23-8-6-16-15-5-4-14(25)11-17(15)13(2)10-18(16)22(23)19-12-20(19)24(23)9-7-21(26)27-24/h11,15-16,18-20,22H,2-10,12H2,1H3/t15-,16?,18?,19+,20-,22?,23+,24+/m1/s1. The molecule has 3 heteroatoms. The van der Waals surface area contributed by atoms with E-state index in [-0.39, 0.29) is 17.0 Å². The van der Waals surface area contributed by atoms with Crippen LogP contribution in [0.1, 0.15) is 64.7 Å². The van der Waals surface area contributed by atoms with Crippen molar-refractivity contribution in [3.63, 3.8) is 0 Å². The van der Waals surface area contributed by atoms with Gasteiger partial charge in [0.2, 0.25) is 0 Å². The molecule has 0 aromatic rings. The van der Waals surface area contributed by atoms with E-state index in [1.54, 1.807) is 0 Å². The van der Waals surface area contributed by atoms with Crippen molar-refractivity contribution in [3.8, 4) is 0 Å². The van der Waals surface area contributed by atoms with Gasteiger partial charge in [-0.3, -0.25) is 9.59 Å². The smallest absolute Gasteiger partial charge is 0.306 e. The van der Waals surface area contributed by atoms with E-state index in [0.29, 0.717) is 48.2 Å². The Balaban J connectivity index is 1.42. The summed E-state index contributed by atoms with van der Waals surface area (Å²) in [4.78, 5) is 24.2. The second-order valence-corrected chi connectivity index (χ2v) is 10.3. The fourth-order valence-corrected chi connectivity index (χ4v) is 8.93. The molecule has 0 N–H and O–H groups in total. The number of rotatable bonds is 1. The molecule has 4 saturated carbocycles. The van der Waals surface area contributed by atoms with Gasteiger partial charge in [-0.05, 0) is 86.2 Å². The molecule has 3 nitrogen and oxygen atoms in total. The highest BCUT2D eigenvalue weighted by atomic mass is 16.6. The molecule has 0 bridgehead atoms. The van der Waals surface area contributed by atoms with Crippen LogP contribution in [0.15, 0.2) is 23.8 Å². The number of fused-ring (bicyclic) bond motifs is 9. The van der Waals surface area contributed by atoms with Crippen molar-refractivity contribution in [1.29, 1.82) is 0 Å². The maximum atomic E-state index is 12.2. The summed E-state index contributed by atoms with van der Waals surface area (Å²) in [5, 5.41) is 0. The second kappa shape index (κ2) is 5.15. The van der Waals surface area contributed by atoms with Gasteiger partial charge < -0.3 is 4.74 Å². The van der Waals surface area contributed by atoms with E-state index in [4.69, 9.17) is 4.74 Å². The van der Waals surface area contributed by atoms with Crippen LogP contribution in [-0.4, -0.2) is 17.4 Å². The Morgan fingerprint density at radius 3 is 2.74 bits per heavy atom. The Labute approximate surface area is 161 Å². The van der Waals surface area contributed by atoms with Crippen molar-refractivity contribution in [3.05, 3.63) is 23.8 Å². The second-order valence-electron chi connectivity index (χ2n) is 10.3. The van der Waals surface area contributed by atoms with Crippen molar-refractivity contribution in [2.45, 2.75) is 70.3 Å². The van der Waals surface area contributed by atoms with Crippen molar-refractivity contribution >= 4 is 11.8 Å². The predicted molar refractivity (Wildman–Crippen MR) is 102 cm³/mol. The molecule has 0 aromatic heterocycles. The molecule has 1 spiro atoms. The van der Waals surface area contributed by atoms with Crippen LogP contribution in [0.5, 0.6) is 0 Å². The van der Waals surface area contributed by atoms with Crippen molar-refractivity contribution in [2.75, 3.05) is 0 Å². The van der Waals surface area contributed by atoms with E-state index in [2.05, 4.69) is 13.5 Å². The Morgan fingerprint density at radius 2 is 2.00 bits per heavy atom. The third-order valence-electron chi connectivity index (χ3n) is 9.77. The summed E-state index contributed by atoms with van der Waals surface area (Å²) in [5.74, 6) is 4.32. The van der Waals surface area contributed by atoms with Crippen LogP contribution in [0.2, 0.25) is 0 Å². The summed E-state index contributed by atoms with van der Waals surface area (Å²) in [7, 11) is 0. The number of esters is 1. The quantitative estimate of drug-likeness (QED) is 0.636. The van der Waals surface area contributed by atoms with Crippen molar-refractivity contribution < 1.29 is 14.3 Å². The van der Waals surface area contributed by atoms with Gasteiger partial charge in [0.1, 0.15) is 5.60 Å². The Morgan fingerprint density at radius 1 is 1.15 bits per heavy atom. The zero-order valence-electron chi connectivity index (χ0n) is 16.3. The van der Waals surface area contributed by atoms with E-state index in [1.165, 1.54) is 30.4 Å².